The topological polar surface area (TPSA) is 38.9 Å². The van der Waals surface area contributed by atoms with Gasteiger partial charge in [-0.3, -0.25) is 0 Å². The molecule has 0 saturated carbocycles. The molecule has 0 radical (unpaired) electrons. The number of fused-ring (bicyclic) bond motifs is 6. The summed E-state index contributed by atoms with van der Waals surface area (Å²) < 4.78 is 4.75. The predicted octanol–water partition coefficient (Wildman–Crippen LogP) is 13.7. The normalized spacial score (nSPS) is 11.8. The van der Waals surface area contributed by atoms with Crippen molar-refractivity contribution < 1.29 is 21.1 Å². The smallest absolute Gasteiger partial charge is 0.346 e. The molecular weight excluding hydrogens is 902 g/mol. The van der Waals surface area contributed by atoms with Gasteiger partial charge in [0.1, 0.15) is 0 Å². The van der Waals surface area contributed by atoms with Gasteiger partial charge < -0.3 is 24.0 Å². The first kappa shape index (κ1) is 37.5. The van der Waals surface area contributed by atoms with E-state index in [1.54, 1.807) is 0 Å². The van der Waals surface area contributed by atoms with Gasteiger partial charge >= 0.3 is 21.1 Å². The van der Waals surface area contributed by atoms with E-state index in [4.69, 9.17) is 0 Å². The minimum Gasteiger partial charge on any atom is -0.346 e. The van der Waals surface area contributed by atoms with Crippen LogP contribution >= 0.6 is 0 Å². The van der Waals surface area contributed by atoms with Crippen LogP contribution in [0.25, 0.3) is 77.5 Å². The number of hydrogen-bond acceptors (Lipinski definition) is 3. The Morgan fingerprint density at radius 1 is 0.576 bits per heavy atom. The van der Waals surface area contributed by atoms with Gasteiger partial charge in [0.25, 0.3) is 0 Å². The fourth-order valence-electron chi connectivity index (χ4n) is 8.13. The number of rotatable bonds is 9. The molecule has 0 fully saturated rings. The Balaban J connectivity index is 0.00000449. The van der Waals surface area contributed by atoms with Crippen LogP contribution in [0, 0.1) is 12.1 Å². The Hall–Kier alpha value is -7.07. The van der Waals surface area contributed by atoms with Gasteiger partial charge in [-0.2, -0.15) is 0 Å². The molecule has 0 amide bonds. The summed E-state index contributed by atoms with van der Waals surface area (Å²) in [5.74, 6) is 0. The summed E-state index contributed by atoms with van der Waals surface area (Å²) >= 11 is 0. The molecule has 284 valence electrons. The van der Waals surface area contributed by atoms with E-state index in [9.17, 15) is 0 Å². The maximum absolute atomic E-state index is 4.62. The molecule has 4 aromatic heterocycles. The summed E-state index contributed by atoms with van der Waals surface area (Å²) in [6.07, 6.45) is 11.7. The molecule has 0 aliphatic heterocycles. The van der Waals surface area contributed by atoms with Crippen molar-refractivity contribution in [2.45, 2.75) is 6.92 Å². The Kier molecular flexibility index (Phi) is 10.2. The average molecular weight is 939 g/mol. The quantitative estimate of drug-likeness (QED) is 0.107. The molecule has 0 unspecified atom stereocenters. The Labute approximate surface area is 357 Å². The third-order valence-corrected chi connectivity index (χ3v) is 10.7. The van der Waals surface area contributed by atoms with Crippen molar-refractivity contribution >= 4 is 66.4 Å². The second-order valence-corrected chi connectivity index (χ2v) is 14.1. The van der Waals surface area contributed by atoms with E-state index in [1.807, 2.05) is 60.9 Å². The molecule has 6 heteroatoms. The molecule has 0 saturated heterocycles. The molecule has 0 atom stereocenters. The molecule has 10 aromatic rings. The van der Waals surface area contributed by atoms with Gasteiger partial charge in [-0.25, -0.2) is 0 Å². The fraction of sp³-hybridized carbons (Fsp3) is 0.0189. The van der Waals surface area contributed by atoms with Crippen molar-refractivity contribution in [3.63, 3.8) is 0 Å². The van der Waals surface area contributed by atoms with Gasteiger partial charge in [-0.15, -0.1) is 59.7 Å². The first-order chi connectivity index (χ1) is 28.7. The minimum atomic E-state index is 0. The third kappa shape index (κ3) is 6.70. The zero-order chi connectivity index (χ0) is 39.0. The molecule has 0 aliphatic rings. The number of hydrogen-bond donors (Lipinski definition) is 0. The van der Waals surface area contributed by atoms with Crippen molar-refractivity contribution in [2.24, 2.45) is 0 Å². The second kappa shape index (κ2) is 16.1. The van der Waals surface area contributed by atoms with E-state index in [2.05, 4.69) is 183 Å². The molecule has 0 N–H and O–H groups in total. The van der Waals surface area contributed by atoms with Crippen LogP contribution in [0.4, 0.5) is 17.1 Å². The van der Waals surface area contributed by atoms with Crippen LogP contribution in [0.5, 0.6) is 0 Å². The van der Waals surface area contributed by atoms with Crippen LogP contribution in [0.2, 0.25) is 0 Å². The molecule has 5 nitrogen and oxygen atoms in total. The number of allylic oxidation sites excluding steroid dienone is 5. The van der Waals surface area contributed by atoms with E-state index >= 15 is 0 Å². The number of para-hydroxylation sites is 2. The van der Waals surface area contributed by atoms with Gasteiger partial charge in [0.05, 0.1) is 22.1 Å². The van der Waals surface area contributed by atoms with Crippen molar-refractivity contribution in [2.75, 3.05) is 4.90 Å². The number of pyridine rings is 2. The van der Waals surface area contributed by atoms with E-state index < -0.39 is 0 Å². The van der Waals surface area contributed by atoms with Gasteiger partial charge in [-0.1, -0.05) is 85.5 Å². The van der Waals surface area contributed by atoms with Crippen molar-refractivity contribution in [3.8, 4) is 28.2 Å². The Morgan fingerprint density at radius 3 is 1.75 bits per heavy atom. The van der Waals surface area contributed by atoms with Gasteiger partial charge in [0, 0.05) is 51.0 Å². The van der Waals surface area contributed by atoms with Crippen molar-refractivity contribution in [1.82, 2.24) is 19.1 Å². The van der Waals surface area contributed by atoms with Crippen LogP contribution in [0.1, 0.15) is 6.92 Å². The molecular formula is C53H37N5Pt. The van der Waals surface area contributed by atoms with Gasteiger partial charge in [0.2, 0.25) is 0 Å². The maximum atomic E-state index is 4.62. The number of nitrogens with zero attached hydrogens (tertiary/aromatic N) is 5. The van der Waals surface area contributed by atoms with E-state index in [0.717, 1.165) is 67.5 Å². The van der Waals surface area contributed by atoms with Gasteiger partial charge in [0.15, 0.2) is 0 Å². The maximum Gasteiger partial charge on any atom is 2.00 e. The van der Waals surface area contributed by atoms with Crippen LogP contribution in [-0.2, 0) is 21.1 Å². The van der Waals surface area contributed by atoms with Crippen LogP contribution in [0.15, 0.2) is 201 Å². The number of aromatic nitrogens is 4. The third-order valence-electron chi connectivity index (χ3n) is 10.7. The largest absolute Gasteiger partial charge is 2.00 e. The summed E-state index contributed by atoms with van der Waals surface area (Å²) in [6.45, 7) is 6.02. The Morgan fingerprint density at radius 2 is 1.15 bits per heavy atom. The minimum absolute atomic E-state index is 0. The SMILES string of the molecule is C=C/C=C\C(=C/C)n1c2ccccc2c2cc3c4ccccc4n(-c4ccc(N(c5[c-]c(-c6ccccn6)ccc5)c5[c-]c(-c6ccccn6)ccc5)cc4)c3cc21.[Pt+2]. The average Bonchev–Trinajstić information content (AvgIpc) is 3.79. The molecule has 4 heterocycles. The number of benzene rings is 6. The monoisotopic (exact) mass is 938 g/mol. The summed E-state index contributed by atoms with van der Waals surface area (Å²) in [7, 11) is 0. The summed E-state index contributed by atoms with van der Waals surface area (Å²) in [5.41, 5.74) is 13.0. The predicted molar refractivity (Wildman–Crippen MR) is 242 cm³/mol. The zero-order valence-corrected chi connectivity index (χ0v) is 34.5. The molecule has 0 aliphatic carbocycles. The van der Waals surface area contributed by atoms with Crippen molar-refractivity contribution in [3.05, 3.63) is 213 Å². The molecule has 59 heavy (non-hydrogen) atoms. The molecule has 10 rings (SSSR count). The van der Waals surface area contributed by atoms with Crippen LogP contribution in [0.3, 0.4) is 0 Å². The van der Waals surface area contributed by atoms with E-state index in [-0.39, 0.29) is 21.1 Å². The number of anilines is 3. The summed E-state index contributed by atoms with van der Waals surface area (Å²) in [5, 5.41) is 4.86. The standard InChI is InChI=1S/C53H37N5.Pt/c1-3-5-18-39(4-2)57-50-25-8-6-21-44(50)46-35-47-45-22-7-9-26-51(45)58(53(47)36-52(46)57)41-29-27-40(28-30-41)56(42-19-14-16-37(33-42)48-23-10-12-31-54-48)43-20-15-17-38(34-43)49-24-11-13-32-55-49;/h3-32,35-36H,1H2,2H3;/q-2;+2/b18-5-,39-4+;. The summed E-state index contributed by atoms with van der Waals surface area (Å²) in [4.78, 5) is 11.4. The van der Waals surface area contributed by atoms with E-state index in [0.29, 0.717) is 0 Å². The Bertz CT molecular complexity index is 3110. The van der Waals surface area contributed by atoms with Crippen molar-refractivity contribution in [1.29, 1.82) is 0 Å². The van der Waals surface area contributed by atoms with Crippen LogP contribution < -0.4 is 4.90 Å². The molecule has 0 spiro atoms. The second-order valence-electron chi connectivity index (χ2n) is 14.1. The molecule has 6 aromatic carbocycles. The zero-order valence-electron chi connectivity index (χ0n) is 32.2. The van der Waals surface area contributed by atoms with Crippen LogP contribution in [-0.4, -0.2) is 19.1 Å². The first-order valence-electron chi connectivity index (χ1n) is 19.4. The van der Waals surface area contributed by atoms with E-state index in [1.165, 1.54) is 27.1 Å². The first-order valence-corrected chi connectivity index (χ1v) is 19.4. The fourth-order valence-corrected chi connectivity index (χ4v) is 8.13. The molecule has 0 bridgehead atoms. The summed E-state index contributed by atoms with van der Waals surface area (Å²) in [6, 6.07) is 62.5. The van der Waals surface area contributed by atoms with Gasteiger partial charge in [-0.05, 0) is 96.4 Å².